The molecule has 0 saturated carbocycles. The maximum absolute atomic E-state index is 12.5. The highest BCUT2D eigenvalue weighted by Gasteiger charge is 2.44. The predicted molar refractivity (Wildman–Crippen MR) is 64.2 cm³/mol. The van der Waals surface area contributed by atoms with Crippen LogP contribution in [0, 0.1) is 0 Å². The van der Waals surface area contributed by atoms with Crippen LogP contribution < -0.4 is 0 Å². The normalized spacial score (nSPS) is 26.9. The molecule has 1 aliphatic rings. The van der Waals surface area contributed by atoms with Gasteiger partial charge in [0.05, 0.1) is 12.1 Å². The van der Waals surface area contributed by atoms with Crippen LogP contribution >= 0.6 is 0 Å². The lowest BCUT2D eigenvalue weighted by atomic mass is 9.91. The molecule has 1 aromatic carbocycles. The van der Waals surface area contributed by atoms with Crippen LogP contribution in [-0.4, -0.2) is 33.8 Å². The summed E-state index contributed by atoms with van der Waals surface area (Å²) in [5.74, 6) is 0. The minimum Gasteiger partial charge on any atom is -0.465 e. The minimum absolute atomic E-state index is 0.144. The Hall–Kier alpha value is -1.76. The van der Waals surface area contributed by atoms with Gasteiger partial charge in [-0.25, -0.2) is 4.79 Å². The summed E-state index contributed by atoms with van der Waals surface area (Å²) < 4.78 is 37.4. The van der Waals surface area contributed by atoms with E-state index in [1.54, 1.807) is 6.92 Å². The Morgan fingerprint density at radius 3 is 2.30 bits per heavy atom. The third-order valence-corrected chi connectivity index (χ3v) is 3.59. The maximum atomic E-state index is 12.5. The van der Waals surface area contributed by atoms with Gasteiger partial charge in [-0.3, -0.25) is 0 Å². The number of β-amino-alcohol motifs (C(OH)–C–C–N with tert-alkyl or cyclic N) is 1. The fourth-order valence-corrected chi connectivity index (χ4v) is 2.54. The van der Waals surface area contributed by atoms with Crippen LogP contribution in [-0.2, 0) is 11.8 Å². The van der Waals surface area contributed by atoms with Crippen molar-refractivity contribution in [3.05, 3.63) is 35.4 Å². The van der Waals surface area contributed by atoms with Crippen LogP contribution in [0.3, 0.4) is 0 Å². The van der Waals surface area contributed by atoms with Gasteiger partial charge in [-0.1, -0.05) is 12.1 Å². The van der Waals surface area contributed by atoms with E-state index in [1.165, 1.54) is 12.1 Å². The van der Waals surface area contributed by atoms with Crippen molar-refractivity contribution in [2.45, 2.75) is 31.2 Å². The summed E-state index contributed by atoms with van der Waals surface area (Å²) in [4.78, 5) is 12.1. The van der Waals surface area contributed by atoms with Gasteiger partial charge in [0.15, 0.2) is 0 Å². The fourth-order valence-electron chi connectivity index (χ4n) is 2.54. The second kappa shape index (κ2) is 4.66. The Bertz CT molecular complexity index is 515. The Kier molecular flexibility index (Phi) is 3.41. The molecule has 20 heavy (non-hydrogen) atoms. The number of likely N-dealkylation sites (tertiary alicyclic amines) is 1. The average molecular weight is 289 g/mol. The van der Waals surface area contributed by atoms with Crippen LogP contribution in [0.25, 0.3) is 0 Å². The molecule has 2 atom stereocenters. The van der Waals surface area contributed by atoms with Crippen LogP contribution in [0.2, 0.25) is 0 Å². The zero-order valence-electron chi connectivity index (χ0n) is 10.7. The molecule has 0 aromatic heterocycles. The third kappa shape index (κ3) is 2.58. The van der Waals surface area contributed by atoms with Crippen molar-refractivity contribution < 1.29 is 28.2 Å². The van der Waals surface area contributed by atoms with E-state index in [0.717, 1.165) is 17.0 Å². The van der Waals surface area contributed by atoms with Crippen LogP contribution in [0.1, 0.15) is 24.5 Å². The highest BCUT2D eigenvalue weighted by Crippen LogP contribution is 2.37. The van der Waals surface area contributed by atoms with Gasteiger partial charge in [0, 0.05) is 12.5 Å². The summed E-state index contributed by atoms with van der Waals surface area (Å²) in [5, 5.41) is 19.4. The molecule has 1 unspecified atom stereocenters. The summed E-state index contributed by atoms with van der Waals surface area (Å²) in [5.41, 5.74) is -1.95. The van der Waals surface area contributed by atoms with E-state index >= 15 is 0 Å². The van der Waals surface area contributed by atoms with Crippen molar-refractivity contribution in [3.63, 3.8) is 0 Å². The number of halogens is 3. The third-order valence-electron chi connectivity index (χ3n) is 3.59. The van der Waals surface area contributed by atoms with Gasteiger partial charge in [0.25, 0.3) is 0 Å². The zero-order valence-corrected chi connectivity index (χ0v) is 10.7. The van der Waals surface area contributed by atoms with Crippen molar-refractivity contribution in [3.8, 4) is 0 Å². The first-order valence-corrected chi connectivity index (χ1v) is 6.03. The topological polar surface area (TPSA) is 60.8 Å². The molecule has 1 heterocycles. The van der Waals surface area contributed by atoms with Crippen molar-refractivity contribution in [1.82, 2.24) is 4.90 Å². The molecule has 0 spiro atoms. The van der Waals surface area contributed by atoms with Gasteiger partial charge in [0.1, 0.15) is 5.60 Å². The quantitative estimate of drug-likeness (QED) is 0.835. The summed E-state index contributed by atoms with van der Waals surface area (Å²) >= 11 is 0. The monoisotopic (exact) mass is 289 g/mol. The summed E-state index contributed by atoms with van der Waals surface area (Å²) in [6.07, 6.45) is -5.43. The lowest BCUT2D eigenvalue weighted by Gasteiger charge is -2.23. The molecule has 1 aromatic rings. The van der Waals surface area contributed by atoms with Crippen LogP contribution in [0.4, 0.5) is 18.0 Å². The molecule has 1 fully saturated rings. The number of rotatable bonds is 1. The van der Waals surface area contributed by atoms with E-state index in [-0.39, 0.29) is 19.0 Å². The Morgan fingerprint density at radius 2 is 1.90 bits per heavy atom. The maximum Gasteiger partial charge on any atom is 0.416 e. The number of nitrogens with zero attached hydrogens (tertiary/aromatic N) is 1. The highest BCUT2D eigenvalue weighted by atomic mass is 19.4. The molecule has 0 radical (unpaired) electrons. The molecule has 110 valence electrons. The van der Waals surface area contributed by atoms with Gasteiger partial charge in [-0.05, 0) is 24.6 Å². The van der Waals surface area contributed by atoms with E-state index < -0.39 is 23.4 Å². The molecule has 2 rings (SSSR count). The number of benzene rings is 1. The first-order chi connectivity index (χ1) is 9.13. The van der Waals surface area contributed by atoms with Gasteiger partial charge < -0.3 is 15.1 Å². The number of hydrogen-bond donors (Lipinski definition) is 2. The SMILES string of the molecule is C[C@@H]1CC(O)(c2ccc(C(F)(F)F)cc2)CN1C(=O)O. The van der Waals surface area contributed by atoms with E-state index in [4.69, 9.17) is 5.11 Å². The van der Waals surface area contributed by atoms with Crippen molar-refractivity contribution in [2.24, 2.45) is 0 Å². The Labute approximate surface area is 113 Å². The molecular weight excluding hydrogens is 275 g/mol. The highest BCUT2D eigenvalue weighted by molar-refractivity contribution is 5.66. The van der Waals surface area contributed by atoms with Gasteiger partial charge in [-0.2, -0.15) is 13.2 Å². The molecule has 7 heteroatoms. The van der Waals surface area contributed by atoms with Crippen molar-refractivity contribution >= 4 is 6.09 Å². The smallest absolute Gasteiger partial charge is 0.416 e. The van der Waals surface area contributed by atoms with E-state index in [9.17, 15) is 23.1 Å². The van der Waals surface area contributed by atoms with Gasteiger partial charge in [-0.15, -0.1) is 0 Å². The molecule has 0 aliphatic carbocycles. The van der Waals surface area contributed by atoms with Gasteiger partial charge in [0.2, 0.25) is 0 Å². The largest absolute Gasteiger partial charge is 0.465 e. The predicted octanol–water partition coefficient (Wildman–Crippen LogP) is 2.67. The second-order valence-corrected chi connectivity index (χ2v) is 5.07. The first kappa shape index (κ1) is 14.6. The Morgan fingerprint density at radius 1 is 1.35 bits per heavy atom. The molecule has 1 aliphatic heterocycles. The van der Waals surface area contributed by atoms with E-state index in [2.05, 4.69) is 0 Å². The van der Waals surface area contributed by atoms with Crippen LogP contribution in [0.5, 0.6) is 0 Å². The number of carboxylic acid groups (broad SMARTS) is 1. The molecule has 1 saturated heterocycles. The Balaban J connectivity index is 2.26. The van der Waals surface area contributed by atoms with Crippen LogP contribution in [0.15, 0.2) is 24.3 Å². The minimum atomic E-state index is -4.43. The summed E-state index contributed by atoms with van der Waals surface area (Å²) in [6.45, 7) is 1.50. The molecule has 4 nitrogen and oxygen atoms in total. The molecule has 0 bridgehead atoms. The average Bonchev–Trinajstić information content (AvgIpc) is 2.65. The number of alkyl halides is 3. The van der Waals surface area contributed by atoms with E-state index in [1.807, 2.05) is 0 Å². The van der Waals surface area contributed by atoms with Crippen molar-refractivity contribution in [1.29, 1.82) is 0 Å². The summed E-state index contributed by atoms with van der Waals surface area (Å²) in [7, 11) is 0. The number of aliphatic hydroxyl groups is 1. The van der Waals surface area contributed by atoms with Crippen molar-refractivity contribution in [2.75, 3.05) is 6.54 Å². The number of hydrogen-bond acceptors (Lipinski definition) is 2. The molecular formula is C13H14F3NO3. The lowest BCUT2D eigenvalue weighted by molar-refractivity contribution is -0.137. The number of carbonyl (C=O) groups is 1. The first-order valence-electron chi connectivity index (χ1n) is 6.03. The van der Waals surface area contributed by atoms with Gasteiger partial charge >= 0.3 is 12.3 Å². The summed E-state index contributed by atoms with van der Waals surface area (Å²) in [6, 6.07) is 3.78. The fraction of sp³-hybridized carbons (Fsp3) is 0.462. The standard InChI is InChI=1S/C13H14F3NO3/c1-8-6-12(20,7-17(8)11(18)19)9-2-4-10(5-3-9)13(14,15)16/h2-5,8,20H,6-7H2,1H3,(H,18,19)/t8-,12?/m1/s1. The second-order valence-electron chi connectivity index (χ2n) is 5.07. The van der Waals surface area contributed by atoms with E-state index in [0.29, 0.717) is 5.56 Å². The number of amides is 1. The molecule has 2 N–H and O–H groups in total. The zero-order chi connectivity index (χ0) is 15.1. The molecule has 1 amide bonds. The lowest BCUT2D eigenvalue weighted by Crippen LogP contribution is -2.35.